The van der Waals surface area contributed by atoms with E-state index in [-0.39, 0.29) is 5.41 Å². The second-order valence-corrected chi connectivity index (χ2v) is 10.6. The van der Waals surface area contributed by atoms with Crippen molar-refractivity contribution in [3.05, 3.63) is 106 Å². The Balaban J connectivity index is 1.73. The summed E-state index contributed by atoms with van der Waals surface area (Å²) in [7, 11) is 0. The molecule has 0 N–H and O–H groups in total. The highest BCUT2D eigenvalue weighted by atomic mass is 14.4. The second-order valence-electron chi connectivity index (χ2n) is 10.6. The predicted octanol–water partition coefficient (Wildman–Crippen LogP) is 9.49. The van der Waals surface area contributed by atoms with Crippen molar-refractivity contribution in [2.75, 3.05) is 0 Å². The third-order valence-corrected chi connectivity index (χ3v) is 8.28. The third kappa shape index (κ3) is 3.43. The van der Waals surface area contributed by atoms with E-state index in [9.17, 15) is 0 Å². The van der Waals surface area contributed by atoms with E-state index in [1.807, 2.05) is 0 Å². The van der Waals surface area contributed by atoms with Gasteiger partial charge < -0.3 is 0 Å². The lowest BCUT2D eigenvalue weighted by Crippen LogP contribution is -2.18. The van der Waals surface area contributed by atoms with Crippen molar-refractivity contribution >= 4 is 11.1 Å². The Labute approximate surface area is 200 Å². The van der Waals surface area contributed by atoms with E-state index < -0.39 is 0 Å². The molecule has 0 aromatic heterocycles. The molecule has 5 rings (SSSR count). The van der Waals surface area contributed by atoms with Gasteiger partial charge in [-0.1, -0.05) is 106 Å². The number of fused-ring (bicyclic) bond motifs is 2. The minimum Gasteiger partial charge on any atom is -0.0648 e. The lowest BCUT2D eigenvalue weighted by molar-refractivity contribution is 0.608. The molecule has 3 aromatic carbocycles. The van der Waals surface area contributed by atoms with Gasteiger partial charge in [-0.15, -0.1) is 0 Å². The molecule has 0 heterocycles. The quantitative estimate of drug-likeness (QED) is 0.385. The minimum absolute atomic E-state index is 0.127. The summed E-state index contributed by atoms with van der Waals surface area (Å²) in [5.74, 6) is 0.514. The van der Waals surface area contributed by atoms with E-state index in [4.69, 9.17) is 0 Å². The molecule has 0 aliphatic heterocycles. The fourth-order valence-corrected chi connectivity index (χ4v) is 6.22. The van der Waals surface area contributed by atoms with Gasteiger partial charge in [0.15, 0.2) is 0 Å². The first kappa shape index (κ1) is 22.0. The molecule has 168 valence electrons. The Hall–Kier alpha value is -2.86. The van der Waals surface area contributed by atoms with Crippen LogP contribution in [0, 0.1) is 6.92 Å². The Morgan fingerprint density at radius 3 is 2.18 bits per heavy atom. The highest BCUT2D eigenvalue weighted by Gasteiger charge is 2.40. The van der Waals surface area contributed by atoms with Crippen LogP contribution < -0.4 is 0 Å². The molecule has 0 amide bonds. The van der Waals surface area contributed by atoms with Gasteiger partial charge in [-0.25, -0.2) is 0 Å². The van der Waals surface area contributed by atoms with Crippen LogP contribution in [0.25, 0.3) is 22.3 Å². The second kappa shape index (κ2) is 8.17. The molecule has 0 spiro atoms. The Morgan fingerprint density at radius 1 is 0.788 bits per heavy atom. The van der Waals surface area contributed by atoms with Gasteiger partial charge >= 0.3 is 0 Å². The van der Waals surface area contributed by atoms with Crippen molar-refractivity contribution in [3.63, 3.8) is 0 Å². The van der Waals surface area contributed by atoms with Crippen LogP contribution >= 0.6 is 0 Å². The van der Waals surface area contributed by atoms with E-state index in [0.717, 1.165) is 19.3 Å². The molecule has 0 saturated heterocycles. The molecule has 3 aromatic rings. The summed E-state index contributed by atoms with van der Waals surface area (Å²) in [6, 6.07) is 25.1. The van der Waals surface area contributed by atoms with Gasteiger partial charge in [0.1, 0.15) is 0 Å². The van der Waals surface area contributed by atoms with Crippen LogP contribution in [0.15, 0.2) is 77.9 Å². The van der Waals surface area contributed by atoms with E-state index >= 15 is 0 Å². The first-order valence-corrected chi connectivity index (χ1v) is 12.6. The maximum absolute atomic E-state index is 2.41. The number of hydrogen-bond donors (Lipinski definition) is 0. The molecule has 2 aliphatic carbocycles. The van der Waals surface area contributed by atoms with E-state index in [1.165, 1.54) is 50.1 Å². The van der Waals surface area contributed by atoms with Gasteiger partial charge in [0.2, 0.25) is 0 Å². The van der Waals surface area contributed by atoms with Crippen molar-refractivity contribution in [1.29, 1.82) is 0 Å². The molecule has 0 saturated carbocycles. The van der Waals surface area contributed by atoms with Crippen LogP contribution in [0.5, 0.6) is 0 Å². The van der Waals surface area contributed by atoms with Gasteiger partial charge in [0, 0.05) is 5.41 Å². The molecule has 0 fully saturated rings. The standard InChI is InChI=1S/C33H36/c1-7-22(3)31-26(24-17-15-21(2)16-18-24)12-10-13-27(31)25-19-20-30-32(23(25)4)28-11-8-9-14-29(28)33(30,5)6/h8-18,22H,7,19-20H2,1-6H3. The van der Waals surface area contributed by atoms with Crippen molar-refractivity contribution in [2.24, 2.45) is 0 Å². The van der Waals surface area contributed by atoms with Crippen LogP contribution in [-0.4, -0.2) is 0 Å². The molecule has 1 atom stereocenters. The van der Waals surface area contributed by atoms with Crippen molar-refractivity contribution < 1.29 is 0 Å². The first-order chi connectivity index (χ1) is 15.8. The topological polar surface area (TPSA) is 0 Å². The van der Waals surface area contributed by atoms with Crippen LogP contribution in [-0.2, 0) is 5.41 Å². The van der Waals surface area contributed by atoms with Gasteiger partial charge in [-0.3, -0.25) is 0 Å². The maximum atomic E-state index is 2.41. The summed E-state index contributed by atoms with van der Waals surface area (Å²) in [6.45, 7) is 14.1. The highest BCUT2D eigenvalue weighted by Crippen LogP contribution is 2.55. The molecule has 0 radical (unpaired) electrons. The first-order valence-electron chi connectivity index (χ1n) is 12.6. The van der Waals surface area contributed by atoms with Gasteiger partial charge in [0.05, 0.1) is 0 Å². The normalized spacial score (nSPS) is 17.8. The molecule has 1 unspecified atom stereocenters. The van der Waals surface area contributed by atoms with Gasteiger partial charge in [-0.05, 0) is 89.1 Å². The summed E-state index contributed by atoms with van der Waals surface area (Å²) in [5.41, 5.74) is 16.3. The number of aryl methyl sites for hydroxylation is 1. The summed E-state index contributed by atoms with van der Waals surface area (Å²) in [4.78, 5) is 0. The zero-order valence-electron chi connectivity index (χ0n) is 21.0. The number of benzene rings is 3. The minimum atomic E-state index is 0.127. The lowest BCUT2D eigenvalue weighted by atomic mass is 9.74. The van der Waals surface area contributed by atoms with Crippen LogP contribution in [0.2, 0.25) is 0 Å². The Bertz CT molecular complexity index is 1280. The summed E-state index contributed by atoms with van der Waals surface area (Å²) in [6.07, 6.45) is 3.42. The van der Waals surface area contributed by atoms with Crippen molar-refractivity contribution in [3.8, 4) is 11.1 Å². The number of hydrogen-bond acceptors (Lipinski definition) is 0. The highest BCUT2D eigenvalue weighted by molar-refractivity contribution is 5.98. The fourth-order valence-electron chi connectivity index (χ4n) is 6.22. The van der Waals surface area contributed by atoms with E-state index in [1.54, 1.807) is 11.1 Å². The average Bonchev–Trinajstić information content (AvgIpc) is 3.06. The predicted molar refractivity (Wildman–Crippen MR) is 144 cm³/mol. The number of rotatable bonds is 4. The van der Waals surface area contributed by atoms with E-state index in [0.29, 0.717) is 5.92 Å². The molecule has 33 heavy (non-hydrogen) atoms. The monoisotopic (exact) mass is 432 g/mol. The zero-order chi connectivity index (χ0) is 23.3. The number of allylic oxidation sites excluding steroid dienone is 4. The average molecular weight is 433 g/mol. The van der Waals surface area contributed by atoms with Gasteiger partial charge in [0.25, 0.3) is 0 Å². The molecule has 0 heteroatoms. The molecule has 0 bridgehead atoms. The van der Waals surface area contributed by atoms with Gasteiger partial charge in [-0.2, -0.15) is 0 Å². The van der Waals surface area contributed by atoms with E-state index in [2.05, 4.69) is 108 Å². The summed E-state index contributed by atoms with van der Waals surface area (Å²) in [5, 5.41) is 0. The molecular weight excluding hydrogens is 396 g/mol. The maximum Gasteiger partial charge on any atom is 0.0121 e. The fraction of sp³-hybridized carbons (Fsp3) is 0.333. The smallest absolute Gasteiger partial charge is 0.0121 e. The lowest BCUT2D eigenvalue weighted by Gasteiger charge is -2.30. The largest absolute Gasteiger partial charge is 0.0648 e. The van der Waals surface area contributed by atoms with Crippen molar-refractivity contribution in [2.45, 2.75) is 72.1 Å². The summed E-state index contributed by atoms with van der Waals surface area (Å²) < 4.78 is 0. The Kier molecular flexibility index (Phi) is 5.44. The van der Waals surface area contributed by atoms with Crippen LogP contribution in [0.4, 0.5) is 0 Å². The molecular formula is C33H36. The third-order valence-electron chi connectivity index (χ3n) is 8.28. The summed E-state index contributed by atoms with van der Waals surface area (Å²) >= 11 is 0. The van der Waals surface area contributed by atoms with Crippen molar-refractivity contribution in [1.82, 2.24) is 0 Å². The van der Waals surface area contributed by atoms with Crippen LogP contribution in [0.1, 0.15) is 87.6 Å². The molecule has 0 nitrogen and oxygen atoms in total. The SMILES string of the molecule is CCC(C)c1c(C2=C(C)C3=C(CC2)C(C)(C)c2ccccc23)cccc1-c1ccc(C)cc1. The zero-order valence-corrected chi connectivity index (χ0v) is 21.0. The Morgan fingerprint density at radius 2 is 1.45 bits per heavy atom. The molecule has 2 aliphatic rings. The van der Waals surface area contributed by atoms with Crippen LogP contribution in [0.3, 0.4) is 0 Å².